The van der Waals surface area contributed by atoms with Crippen molar-refractivity contribution < 1.29 is 9.90 Å². The molecular weight excluding hydrogens is 252 g/mol. The number of anilines is 2. The summed E-state index contributed by atoms with van der Waals surface area (Å²) in [7, 11) is 0. The summed E-state index contributed by atoms with van der Waals surface area (Å²) >= 11 is 0. The molecule has 2 aromatic rings. The molecular formula is C16H18N2O2. The zero-order chi connectivity index (χ0) is 14.5. The first-order valence-corrected chi connectivity index (χ1v) is 6.67. The highest BCUT2D eigenvalue weighted by molar-refractivity contribution is 5.88. The topological polar surface area (TPSA) is 62.2 Å². The molecule has 0 saturated carbocycles. The van der Waals surface area contributed by atoms with Crippen LogP contribution in [0.15, 0.2) is 36.4 Å². The number of carbonyl (C=O) groups is 1. The largest absolute Gasteiger partial charge is 0.478 e. The fourth-order valence-corrected chi connectivity index (χ4v) is 2.01. The molecule has 0 fully saturated rings. The highest BCUT2D eigenvalue weighted by atomic mass is 16.4. The van der Waals surface area contributed by atoms with Crippen LogP contribution in [0.3, 0.4) is 0 Å². The molecule has 0 amide bonds. The number of carboxylic acids is 1. The molecule has 0 bridgehead atoms. The molecule has 0 saturated heterocycles. The number of pyridine rings is 1. The predicted octanol–water partition coefficient (Wildman–Crippen LogP) is 3.78. The number of carboxylic acid groups (broad SMARTS) is 1. The van der Waals surface area contributed by atoms with Crippen molar-refractivity contribution in [3.8, 4) is 0 Å². The Labute approximate surface area is 118 Å². The van der Waals surface area contributed by atoms with E-state index in [0.717, 1.165) is 29.8 Å². The monoisotopic (exact) mass is 270 g/mol. The molecule has 1 aromatic carbocycles. The first kappa shape index (κ1) is 14.1. The third kappa shape index (κ3) is 3.35. The number of para-hydroxylation sites is 1. The van der Waals surface area contributed by atoms with Crippen molar-refractivity contribution in [2.24, 2.45) is 0 Å². The molecule has 1 aromatic heterocycles. The number of nitrogens with zero attached hydrogens (tertiary/aromatic N) is 1. The molecule has 0 aliphatic rings. The van der Waals surface area contributed by atoms with E-state index in [2.05, 4.69) is 10.3 Å². The zero-order valence-electron chi connectivity index (χ0n) is 11.7. The van der Waals surface area contributed by atoms with Crippen LogP contribution in [0.1, 0.15) is 35.0 Å². The third-order valence-corrected chi connectivity index (χ3v) is 3.04. The van der Waals surface area contributed by atoms with Gasteiger partial charge in [-0.05, 0) is 37.1 Å². The first-order chi connectivity index (χ1) is 9.60. The van der Waals surface area contributed by atoms with Crippen molar-refractivity contribution in [1.29, 1.82) is 0 Å². The van der Waals surface area contributed by atoms with Crippen LogP contribution in [0.5, 0.6) is 0 Å². The van der Waals surface area contributed by atoms with Gasteiger partial charge in [0.25, 0.3) is 0 Å². The van der Waals surface area contributed by atoms with Crippen LogP contribution in [0.2, 0.25) is 0 Å². The summed E-state index contributed by atoms with van der Waals surface area (Å²) in [5.74, 6) is -0.361. The molecule has 0 radical (unpaired) electrons. The van der Waals surface area contributed by atoms with E-state index in [1.165, 1.54) is 0 Å². The van der Waals surface area contributed by atoms with E-state index < -0.39 is 5.97 Å². The fourth-order valence-electron chi connectivity index (χ4n) is 2.01. The molecule has 0 spiro atoms. The van der Waals surface area contributed by atoms with Crippen LogP contribution in [-0.2, 0) is 6.42 Å². The van der Waals surface area contributed by atoms with Gasteiger partial charge in [-0.3, -0.25) is 0 Å². The fraction of sp³-hybridized carbons (Fsp3) is 0.250. The van der Waals surface area contributed by atoms with Gasteiger partial charge in [0.1, 0.15) is 5.82 Å². The van der Waals surface area contributed by atoms with Gasteiger partial charge < -0.3 is 10.4 Å². The van der Waals surface area contributed by atoms with Crippen molar-refractivity contribution >= 4 is 17.5 Å². The predicted molar refractivity (Wildman–Crippen MR) is 79.7 cm³/mol. The van der Waals surface area contributed by atoms with Crippen LogP contribution in [0.4, 0.5) is 11.5 Å². The summed E-state index contributed by atoms with van der Waals surface area (Å²) in [4.78, 5) is 15.6. The lowest BCUT2D eigenvalue weighted by Crippen LogP contribution is -2.04. The van der Waals surface area contributed by atoms with Crippen molar-refractivity contribution in [1.82, 2.24) is 4.98 Å². The van der Waals surface area contributed by atoms with E-state index in [4.69, 9.17) is 5.11 Å². The lowest BCUT2D eigenvalue weighted by Gasteiger charge is -2.11. The molecule has 104 valence electrons. The zero-order valence-corrected chi connectivity index (χ0v) is 11.7. The summed E-state index contributed by atoms with van der Waals surface area (Å²) < 4.78 is 0. The van der Waals surface area contributed by atoms with E-state index in [0.29, 0.717) is 5.82 Å². The van der Waals surface area contributed by atoms with E-state index in [1.807, 2.05) is 38.1 Å². The summed E-state index contributed by atoms with van der Waals surface area (Å²) in [6, 6.07) is 11.0. The molecule has 4 heteroatoms. The Morgan fingerprint density at radius 2 is 2.05 bits per heavy atom. The number of aryl methyl sites for hydroxylation is 2. The minimum atomic E-state index is -0.933. The Hall–Kier alpha value is -2.36. The quantitative estimate of drug-likeness (QED) is 0.867. The average molecular weight is 270 g/mol. The number of hydrogen-bond donors (Lipinski definition) is 2. The van der Waals surface area contributed by atoms with Crippen molar-refractivity contribution in [3.63, 3.8) is 0 Å². The normalized spacial score (nSPS) is 10.3. The Bertz CT molecular complexity index is 624. The first-order valence-electron chi connectivity index (χ1n) is 6.67. The smallest absolute Gasteiger partial charge is 0.335 e. The second-order valence-electron chi connectivity index (χ2n) is 4.73. The summed E-state index contributed by atoms with van der Waals surface area (Å²) in [6.07, 6.45) is 1.70. The minimum Gasteiger partial charge on any atom is -0.478 e. The van der Waals surface area contributed by atoms with E-state index in [1.54, 1.807) is 12.1 Å². The maximum atomic E-state index is 11.2. The minimum absolute atomic E-state index is 0.263. The maximum absolute atomic E-state index is 11.2. The number of hydrogen-bond acceptors (Lipinski definition) is 3. The van der Waals surface area contributed by atoms with Crippen LogP contribution < -0.4 is 5.32 Å². The summed E-state index contributed by atoms with van der Waals surface area (Å²) in [6.45, 7) is 4.04. The molecule has 0 aliphatic heterocycles. The molecule has 4 nitrogen and oxygen atoms in total. The van der Waals surface area contributed by atoms with Gasteiger partial charge in [-0.25, -0.2) is 9.78 Å². The van der Waals surface area contributed by atoms with Crippen LogP contribution in [0.25, 0.3) is 0 Å². The van der Waals surface area contributed by atoms with Crippen molar-refractivity contribution in [2.75, 3.05) is 5.32 Å². The Kier molecular flexibility index (Phi) is 4.35. The molecule has 20 heavy (non-hydrogen) atoms. The number of benzene rings is 1. The number of aromatic nitrogens is 1. The van der Waals surface area contributed by atoms with Gasteiger partial charge in [0.15, 0.2) is 0 Å². The van der Waals surface area contributed by atoms with E-state index >= 15 is 0 Å². The van der Waals surface area contributed by atoms with Gasteiger partial charge in [0.2, 0.25) is 0 Å². The molecule has 0 atom stereocenters. The van der Waals surface area contributed by atoms with Crippen LogP contribution >= 0.6 is 0 Å². The lowest BCUT2D eigenvalue weighted by atomic mass is 10.1. The van der Waals surface area contributed by atoms with Gasteiger partial charge in [-0.2, -0.15) is 0 Å². The summed E-state index contributed by atoms with van der Waals surface area (Å²) in [5, 5.41) is 12.4. The van der Waals surface area contributed by atoms with E-state index in [-0.39, 0.29) is 5.56 Å². The highest BCUT2D eigenvalue weighted by Gasteiger charge is 2.09. The van der Waals surface area contributed by atoms with Crippen molar-refractivity contribution in [2.45, 2.75) is 26.7 Å². The second kappa shape index (κ2) is 6.19. The Morgan fingerprint density at radius 3 is 2.70 bits per heavy atom. The molecule has 2 N–H and O–H groups in total. The molecule has 1 heterocycles. The Morgan fingerprint density at radius 1 is 1.30 bits per heavy atom. The maximum Gasteiger partial charge on any atom is 0.335 e. The molecule has 0 unspecified atom stereocenters. The van der Waals surface area contributed by atoms with Crippen LogP contribution in [-0.4, -0.2) is 16.1 Å². The Balaban J connectivity index is 2.35. The summed E-state index contributed by atoms with van der Waals surface area (Å²) in [5.41, 5.74) is 3.08. The lowest BCUT2D eigenvalue weighted by molar-refractivity contribution is 0.0696. The number of rotatable bonds is 5. The SMILES string of the molecule is CCCc1cc(C(=O)O)cc(Nc2ccccc2C)n1. The average Bonchev–Trinajstić information content (AvgIpc) is 2.41. The highest BCUT2D eigenvalue weighted by Crippen LogP contribution is 2.20. The molecule has 0 aliphatic carbocycles. The standard InChI is InChI=1S/C16H18N2O2/c1-3-6-13-9-12(16(19)20)10-15(17-13)18-14-8-5-4-7-11(14)2/h4-5,7-10H,3,6H2,1-2H3,(H,17,18)(H,19,20). The van der Waals surface area contributed by atoms with Gasteiger partial charge in [0.05, 0.1) is 5.56 Å². The van der Waals surface area contributed by atoms with Crippen molar-refractivity contribution in [3.05, 3.63) is 53.2 Å². The van der Waals surface area contributed by atoms with E-state index in [9.17, 15) is 4.79 Å². The van der Waals surface area contributed by atoms with Crippen LogP contribution in [0, 0.1) is 6.92 Å². The number of aromatic carboxylic acids is 1. The number of nitrogens with one attached hydrogen (secondary N) is 1. The van der Waals surface area contributed by atoms with Gasteiger partial charge in [-0.1, -0.05) is 31.5 Å². The van der Waals surface area contributed by atoms with Gasteiger partial charge in [0, 0.05) is 11.4 Å². The third-order valence-electron chi connectivity index (χ3n) is 3.04. The van der Waals surface area contributed by atoms with Gasteiger partial charge in [-0.15, -0.1) is 0 Å². The van der Waals surface area contributed by atoms with Gasteiger partial charge >= 0.3 is 5.97 Å². The molecule has 2 rings (SSSR count). The second-order valence-corrected chi connectivity index (χ2v) is 4.73.